The fourth-order valence-electron chi connectivity index (χ4n) is 20.5. The van der Waals surface area contributed by atoms with Gasteiger partial charge in [0.2, 0.25) is 0 Å². The molecule has 2 aliphatic rings. The Bertz CT molecular complexity index is 3590. The van der Waals surface area contributed by atoms with Gasteiger partial charge in [0.1, 0.15) is 11.3 Å². The van der Waals surface area contributed by atoms with Gasteiger partial charge < -0.3 is 9.97 Å². The molecule has 3 aromatic heterocycles. The first-order chi connectivity index (χ1) is 59.4. The van der Waals surface area contributed by atoms with Crippen LogP contribution in [0.25, 0.3) is 89.2 Å². The highest BCUT2D eigenvalue weighted by atomic mass is 15.0. The van der Waals surface area contributed by atoms with E-state index in [1.165, 1.54) is 510 Å². The number of hydrogen-bond acceptors (Lipinski definition) is 4. The number of aromatic amines is 2. The maximum absolute atomic E-state index is 6.30. The van der Waals surface area contributed by atoms with E-state index < -0.39 is 0 Å². The van der Waals surface area contributed by atoms with Gasteiger partial charge in [-0.15, -0.1) is 0 Å². The van der Waals surface area contributed by atoms with Crippen LogP contribution in [0.2, 0.25) is 0 Å². The summed E-state index contributed by atoms with van der Waals surface area (Å²) in [6, 6.07) is 25.8. The normalized spacial score (nSPS) is 12.1. The number of benzene rings is 4. The van der Waals surface area contributed by atoms with Crippen LogP contribution in [0.1, 0.15) is 511 Å². The van der Waals surface area contributed by atoms with Crippen LogP contribution >= 0.6 is 0 Å². The second kappa shape index (κ2) is 60.1. The van der Waals surface area contributed by atoms with Gasteiger partial charge in [0.15, 0.2) is 11.6 Å². The molecule has 0 aliphatic carbocycles. The predicted molar refractivity (Wildman–Crippen MR) is 531 cm³/mol. The van der Waals surface area contributed by atoms with E-state index in [0.29, 0.717) is 0 Å². The van der Waals surface area contributed by atoms with Crippen molar-refractivity contribution in [3.8, 4) is 45.3 Å². The fraction of sp³-hybridized carbons (Fsp3) is 0.702. The third-order valence-corrected chi connectivity index (χ3v) is 27.8. The molecule has 666 valence electrons. The number of nitrogens with zero attached hydrogens (tertiary/aromatic N) is 4. The van der Waals surface area contributed by atoms with E-state index in [1.54, 1.807) is 0 Å². The average molecular weight is 1630 g/mol. The first-order valence-electron chi connectivity index (χ1n) is 53.1. The van der Waals surface area contributed by atoms with E-state index >= 15 is 0 Å². The summed E-state index contributed by atoms with van der Waals surface area (Å²) in [4.78, 5) is 33.8. The number of fused-ring (bicyclic) bond motifs is 20. The summed E-state index contributed by atoms with van der Waals surface area (Å²) in [6.07, 6.45) is 92.1. The highest BCUT2D eigenvalue weighted by molar-refractivity contribution is 6.12. The number of nitrogens with one attached hydrogen (secondary N) is 2. The van der Waals surface area contributed by atoms with Crippen LogP contribution in [0.3, 0.4) is 0 Å². The highest BCUT2D eigenvalue weighted by Crippen LogP contribution is 2.47. The molecule has 0 spiro atoms. The fourth-order valence-corrected chi connectivity index (χ4v) is 20.5. The smallest absolute Gasteiger partial charge is 0.165 e. The topological polar surface area (TPSA) is 83.1 Å². The van der Waals surface area contributed by atoms with Crippen LogP contribution < -0.4 is 0 Å². The van der Waals surface area contributed by atoms with E-state index in [1.807, 2.05) is 0 Å². The Kier molecular flexibility index (Phi) is 49.2. The predicted octanol–water partition coefficient (Wildman–Crippen LogP) is 37.5. The molecular formula is C114H180N6. The quantitative estimate of drug-likeness (QED) is 0.0372. The van der Waals surface area contributed by atoms with Gasteiger partial charge in [-0.3, -0.25) is 0 Å². The minimum absolute atomic E-state index is 0.860. The summed E-state index contributed by atoms with van der Waals surface area (Å²) in [5.74, 6) is 1.72. The molecule has 9 rings (SSSR count). The molecule has 4 aromatic carbocycles. The molecule has 2 N–H and O–H groups in total. The van der Waals surface area contributed by atoms with Crippen molar-refractivity contribution in [2.75, 3.05) is 0 Å². The van der Waals surface area contributed by atoms with Crippen LogP contribution in [0.5, 0.6) is 0 Å². The van der Waals surface area contributed by atoms with Crippen molar-refractivity contribution in [3.05, 3.63) is 105 Å². The second-order valence-corrected chi connectivity index (χ2v) is 38.3. The standard InChI is InChI=1S/C114H180N6/c1-9-17-25-33-41-49-57-65-73-91-81-82-92(74-66-58-50-42-34-26-18-10-2)104-100-90-102-106-94(76-68-60-52-44-36-28-20-12-4)84-86-96(78-70-62-54-46-38-30-22-14-6)108(106)112(117-102)119-114-110-98(80-72-64-56-48-40-32-24-16-8)88-87-97(79-71-63-55-47-39-31-23-15-7)109(110)113(120-114)118-111-107-95(77-69-61-53-45-37-29-21-13-5)85-83-93(75-67-59-51-43-35-27-19-11-3)105(107)101(116-111)89-99(115-100)103(91)104/h81-90H,9-80H2,1-8H3,(H2,116,117,118,119,120). The monoisotopic (exact) mass is 1630 g/mol. The average Bonchev–Trinajstić information content (AvgIpc) is 1.58. The molecular weight excluding hydrogens is 1450 g/mol. The first kappa shape index (κ1) is 98.2. The molecule has 0 unspecified atom stereocenters. The van der Waals surface area contributed by atoms with Crippen molar-refractivity contribution in [3.63, 3.8) is 0 Å². The first-order valence-corrected chi connectivity index (χ1v) is 53.1. The van der Waals surface area contributed by atoms with Crippen molar-refractivity contribution in [2.24, 2.45) is 0 Å². The lowest BCUT2D eigenvalue weighted by atomic mass is 9.88. The molecule has 5 heterocycles. The van der Waals surface area contributed by atoms with E-state index in [9.17, 15) is 0 Å². The molecule has 0 fully saturated rings. The zero-order chi connectivity index (χ0) is 84.1. The van der Waals surface area contributed by atoms with Gasteiger partial charge >= 0.3 is 0 Å². The van der Waals surface area contributed by atoms with E-state index in [-0.39, 0.29) is 0 Å². The number of aromatic nitrogens is 6. The Labute approximate surface area is 737 Å². The van der Waals surface area contributed by atoms with Crippen LogP contribution in [0.4, 0.5) is 0 Å². The third-order valence-electron chi connectivity index (χ3n) is 27.8. The maximum atomic E-state index is 6.30. The van der Waals surface area contributed by atoms with Gasteiger partial charge in [0.25, 0.3) is 0 Å². The highest BCUT2D eigenvalue weighted by Gasteiger charge is 2.30. The maximum Gasteiger partial charge on any atom is 0.165 e. The SMILES string of the molecule is CCCCCCCCCCc1ccc(CCCCCCCCCC)c2c1-c1cc3[nH]c(nc4nc(nc5[nH]c(cc-2n1)c1c(CCCCCCCCCC)ccc(CCCCCCCCCC)c51)-c1c(CCCCCCCCCC)ccc(CCCCCCCCCC)c1-4)c1c(CCCCCCCCCC)ccc(CCCCCCCCCC)c31. The molecule has 7 aromatic rings. The minimum Gasteiger partial charge on any atom is -0.339 e. The molecule has 2 aliphatic heterocycles. The number of hydrogen-bond donors (Lipinski definition) is 2. The Morgan fingerprint density at radius 3 is 0.567 bits per heavy atom. The van der Waals surface area contributed by atoms with Gasteiger partial charge in [-0.2, -0.15) is 0 Å². The molecule has 6 nitrogen and oxygen atoms in total. The summed E-state index contributed by atoms with van der Waals surface area (Å²) >= 11 is 0. The lowest BCUT2D eigenvalue weighted by Gasteiger charge is -2.14. The van der Waals surface area contributed by atoms with Gasteiger partial charge in [-0.25, -0.2) is 19.9 Å². The van der Waals surface area contributed by atoms with Crippen LogP contribution in [-0.4, -0.2) is 29.9 Å². The summed E-state index contributed by atoms with van der Waals surface area (Å²) in [7, 11) is 0. The van der Waals surface area contributed by atoms with Gasteiger partial charge in [0.05, 0.1) is 22.4 Å². The zero-order valence-electron chi connectivity index (χ0n) is 79.5. The summed E-state index contributed by atoms with van der Waals surface area (Å²) < 4.78 is 0. The summed E-state index contributed by atoms with van der Waals surface area (Å²) in [5, 5.41) is 5.41. The van der Waals surface area contributed by atoms with Crippen LogP contribution in [0.15, 0.2) is 60.7 Å². The number of aryl methyl sites for hydroxylation is 8. The van der Waals surface area contributed by atoms with E-state index in [0.717, 1.165) is 85.7 Å². The number of rotatable bonds is 72. The Morgan fingerprint density at radius 2 is 0.350 bits per heavy atom. The second-order valence-electron chi connectivity index (χ2n) is 38.3. The Hall–Kier alpha value is -5.62. The Morgan fingerprint density at radius 1 is 0.175 bits per heavy atom. The summed E-state index contributed by atoms with van der Waals surface area (Å²) in [6.45, 7) is 18.8. The third kappa shape index (κ3) is 32.7. The molecule has 0 saturated heterocycles. The summed E-state index contributed by atoms with van der Waals surface area (Å²) in [5.41, 5.74) is 23.4. The lowest BCUT2D eigenvalue weighted by molar-refractivity contribution is 0.575. The van der Waals surface area contributed by atoms with Crippen molar-refractivity contribution in [1.82, 2.24) is 29.9 Å². The molecule has 0 amide bonds. The van der Waals surface area contributed by atoms with E-state index in [4.69, 9.17) is 19.9 Å². The molecule has 0 radical (unpaired) electrons. The minimum atomic E-state index is 0.860. The van der Waals surface area contributed by atoms with Crippen molar-refractivity contribution in [2.45, 2.75) is 518 Å². The molecule has 0 saturated carbocycles. The largest absolute Gasteiger partial charge is 0.339 e. The van der Waals surface area contributed by atoms with Gasteiger partial charge in [-0.05, 0) is 159 Å². The van der Waals surface area contributed by atoms with Crippen molar-refractivity contribution < 1.29 is 0 Å². The van der Waals surface area contributed by atoms with Crippen molar-refractivity contribution >= 4 is 43.9 Å². The molecule has 6 heteroatoms. The molecule has 0 atom stereocenters. The lowest BCUT2D eigenvalue weighted by Crippen LogP contribution is -1.98. The molecule has 8 bridgehead atoms. The number of H-pyrrole nitrogens is 2. The van der Waals surface area contributed by atoms with E-state index in [2.05, 4.69) is 126 Å². The van der Waals surface area contributed by atoms with Gasteiger partial charge in [0, 0.05) is 43.8 Å². The zero-order valence-corrected chi connectivity index (χ0v) is 79.5. The molecule has 120 heavy (non-hydrogen) atoms. The van der Waals surface area contributed by atoms with Gasteiger partial charge in [-0.1, -0.05) is 463 Å². The number of unbranched alkanes of at least 4 members (excludes halogenated alkanes) is 56. The Balaban J connectivity index is 1.37. The van der Waals surface area contributed by atoms with Crippen LogP contribution in [0, 0.1) is 0 Å². The van der Waals surface area contributed by atoms with Crippen LogP contribution in [-0.2, 0) is 51.4 Å². The van der Waals surface area contributed by atoms with Crippen molar-refractivity contribution in [1.29, 1.82) is 0 Å².